The largest absolute Gasteiger partial charge is 0.361 e. The summed E-state index contributed by atoms with van der Waals surface area (Å²) in [6.07, 6.45) is 1.97. The predicted molar refractivity (Wildman–Crippen MR) is 54.3 cm³/mol. The molecule has 0 amide bonds. The second-order valence-corrected chi connectivity index (χ2v) is 2.51. The Morgan fingerprint density at radius 3 is 2.58 bits per heavy atom. The molecule has 1 aromatic carbocycles. The molecule has 1 heterocycles. The van der Waals surface area contributed by atoms with Gasteiger partial charge in [0.05, 0.1) is 0 Å². The first-order valence-electron chi connectivity index (χ1n) is 3.90. The van der Waals surface area contributed by atoms with Crippen LogP contribution in [0.25, 0.3) is 10.9 Å². The number of fused-ring (bicyclic) bond motifs is 1. The Hall–Kier alpha value is -1.50. The van der Waals surface area contributed by atoms with Crippen LogP contribution < -0.4 is 0 Å². The van der Waals surface area contributed by atoms with E-state index in [2.05, 4.69) is 49.3 Å². The number of aromatic amines is 1. The van der Waals surface area contributed by atoms with Gasteiger partial charge in [-0.25, -0.2) is 0 Å². The lowest BCUT2D eigenvalue weighted by Gasteiger charge is -1.92. The van der Waals surface area contributed by atoms with Crippen molar-refractivity contribution < 1.29 is 0 Å². The summed E-state index contributed by atoms with van der Waals surface area (Å²) < 4.78 is 0. The van der Waals surface area contributed by atoms with Crippen molar-refractivity contribution in [2.45, 2.75) is 6.92 Å². The van der Waals surface area contributed by atoms with Crippen molar-refractivity contribution in [1.29, 1.82) is 0 Å². The van der Waals surface area contributed by atoms with Crippen LogP contribution in [0, 0.1) is 6.92 Å². The van der Waals surface area contributed by atoms with Crippen molar-refractivity contribution in [3.05, 3.63) is 49.2 Å². The Kier molecular flexibility index (Phi) is 2.70. The third-order valence-corrected chi connectivity index (χ3v) is 1.81. The molecule has 0 aliphatic rings. The molecule has 0 aliphatic carbocycles. The van der Waals surface area contributed by atoms with Crippen LogP contribution >= 0.6 is 0 Å². The molecule has 2 rings (SSSR count). The van der Waals surface area contributed by atoms with E-state index in [0.717, 1.165) is 0 Å². The minimum Gasteiger partial charge on any atom is -0.361 e. The standard InChI is InChI=1S/C9H9N.C2H4/c1-7-3-2-4-9-8(7)5-6-10-9;1-2/h2-6,10H,1H3;1-2H2. The van der Waals surface area contributed by atoms with Crippen LogP contribution in [0.1, 0.15) is 5.56 Å². The Morgan fingerprint density at radius 1 is 1.17 bits per heavy atom. The quantitative estimate of drug-likeness (QED) is 0.568. The van der Waals surface area contributed by atoms with Gasteiger partial charge in [0.2, 0.25) is 0 Å². The molecule has 0 unspecified atom stereocenters. The van der Waals surface area contributed by atoms with Gasteiger partial charge in [-0.15, -0.1) is 13.2 Å². The zero-order chi connectivity index (χ0) is 8.97. The van der Waals surface area contributed by atoms with E-state index in [9.17, 15) is 0 Å². The van der Waals surface area contributed by atoms with E-state index in [0.29, 0.717) is 0 Å². The van der Waals surface area contributed by atoms with Crippen LogP contribution in [0.3, 0.4) is 0 Å². The van der Waals surface area contributed by atoms with Crippen molar-refractivity contribution in [2.24, 2.45) is 0 Å². The van der Waals surface area contributed by atoms with Gasteiger partial charge in [0.1, 0.15) is 0 Å². The number of hydrogen-bond acceptors (Lipinski definition) is 0. The van der Waals surface area contributed by atoms with Gasteiger partial charge in [0, 0.05) is 17.1 Å². The van der Waals surface area contributed by atoms with Crippen molar-refractivity contribution in [3.63, 3.8) is 0 Å². The highest BCUT2D eigenvalue weighted by Crippen LogP contribution is 2.15. The van der Waals surface area contributed by atoms with Crippen LogP contribution in [-0.2, 0) is 0 Å². The van der Waals surface area contributed by atoms with Gasteiger partial charge in [0.25, 0.3) is 0 Å². The average molecular weight is 159 g/mol. The molecular formula is C11H13N. The molecule has 0 bridgehead atoms. The minimum atomic E-state index is 1.22. The lowest BCUT2D eigenvalue weighted by molar-refractivity contribution is 1.47. The monoisotopic (exact) mass is 159 g/mol. The van der Waals surface area contributed by atoms with Gasteiger partial charge >= 0.3 is 0 Å². The van der Waals surface area contributed by atoms with E-state index in [4.69, 9.17) is 0 Å². The number of aromatic nitrogens is 1. The Bertz CT molecular complexity index is 360. The number of hydrogen-bond donors (Lipinski definition) is 1. The van der Waals surface area contributed by atoms with Crippen molar-refractivity contribution in [2.75, 3.05) is 0 Å². The number of aryl methyl sites for hydroxylation is 1. The number of H-pyrrole nitrogens is 1. The second kappa shape index (κ2) is 3.77. The molecular weight excluding hydrogens is 146 g/mol. The Balaban J connectivity index is 0.000000336. The topological polar surface area (TPSA) is 15.8 Å². The summed E-state index contributed by atoms with van der Waals surface area (Å²) in [6.45, 7) is 8.12. The fraction of sp³-hybridized carbons (Fsp3) is 0.0909. The minimum absolute atomic E-state index is 1.22. The van der Waals surface area contributed by atoms with Crippen LogP contribution in [0.4, 0.5) is 0 Å². The number of benzene rings is 1. The van der Waals surface area contributed by atoms with E-state index in [1.54, 1.807) is 0 Å². The molecule has 0 saturated carbocycles. The molecule has 2 aromatic rings. The van der Waals surface area contributed by atoms with Crippen molar-refractivity contribution >= 4 is 10.9 Å². The summed E-state index contributed by atoms with van der Waals surface area (Å²) in [5, 5.41) is 1.32. The van der Waals surface area contributed by atoms with Crippen molar-refractivity contribution in [3.8, 4) is 0 Å². The summed E-state index contributed by atoms with van der Waals surface area (Å²) in [6, 6.07) is 8.37. The average Bonchev–Trinajstić information content (AvgIpc) is 2.57. The molecule has 0 radical (unpaired) electrons. The summed E-state index contributed by atoms with van der Waals surface area (Å²) in [4.78, 5) is 3.16. The highest BCUT2D eigenvalue weighted by atomic mass is 14.7. The van der Waals surface area contributed by atoms with Crippen molar-refractivity contribution in [1.82, 2.24) is 4.98 Å². The zero-order valence-electron chi connectivity index (χ0n) is 7.30. The number of nitrogens with one attached hydrogen (secondary N) is 1. The van der Waals surface area contributed by atoms with Gasteiger partial charge in [0.15, 0.2) is 0 Å². The van der Waals surface area contributed by atoms with E-state index < -0.39 is 0 Å². The van der Waals surface area contributed by atoms with Gasteiger partial charge in [-0.2, -0.15) is 0 Å². The zero-order valence-corrected chi connectivity index (χ0v) is 7.30. The maximum atomic E-state index is 3.16. The molecule has 0 saturated heterocycles. The van der Waals surface area contributed by atoms with Gasteiger partial charge < -0.3 is 4.98 Å². The SMILES string of the molecule is C=C.Cc1cccc2[nH]ccc12. The molecule has 62 valence electrons. The molecule has 1 aromatic heterocycles. The maximum Gasteiger partial charge on any atom is 0.0456 e. The van der Waals surface area contributed by atoms with Crippen LogP contribution in [-0.4, -0.2) is 4.98 Å². The Morgan fingerprint density at radius 2 is 1.92 bits per heavy atom. The van der Waals surface area contributed by atoms with Gasteiger partial charge in [-0.3, -0.25) is 0 Å². The molecule has 0 atom stereocenters. The normalized spacial score (nSPS) is 9.08. The van der Waals surface area contributed by atoms with Crippen LogP contribution in [0.5, 0.6) is 0 Å². The second-order valence-electron chi connectivity index (χ2n) is 2.51. The van der Waals surface area contributed by atoms with E-state index in [-0.39, 0.29) is 0 Å². The predicted octanol–water partition coefficient (Wildman–Crippen LogP) is 3.28. The molecule has 0 aliphatic heterocycles. The summed E-state index contributed by atoms with van der Waals surface area (Å²) in [7, 11) is 0. The molecule has 1 nitrogen and oxygen atoms in total. The number of rotatable bonds is 0. The lowest BCUT2D eigenvalue weighted by Crippen LogP contribution is -1.71. The molecule has 1 N–H and O–H groups in total. The maximum absolute atomic E-state index is 3.16. The summed E-state index contributed by atoms with van der Waals surface area (Å²) in [5.41, 5.74) is 2.55. The fourth-order valence-corrected chi connectivity index (χ4v) is 1.24. The first-order valence-corrected chi connectivity index (χ1v) is 3.90. The van der Waals surface area contributed by atoms with Gasteiger partial charge in [-0.1, -0.05) is 12.1 Å². The molecule has 0 spiro atoms. The van der Waals surface area contributed by atoms with E-state index in [1.807, 2.05) is 6.20 Å². The van der Waals surface area contributed by atoms with Crippen LogP contribution in [0.15, 0.2) is 43.6 Å². The van der Waals surface area contributed by atoms with E-state index >= 15 is 0 Å². The summed E-state index contributed by atoms with van der Waals surface area (Å²) >= 11 is 0. The smallest absolute Gasteiger partial charge is 0.0456 e. The Labute approximate surface area is 72.7 Å². The highest BCUT2D eigenvalue weighted by molar-refractivity contribution is 5.82. The lowest BCUT2D eigenvalue weighted by atomic mass is 10.1. The first kappa shape index (κ1) is 8.60. The third-order valence-electron chi connectivity index (χ3n) is 1.81. The summed E-state index contributed by atoms with van der Waals surface area (Å²) in [5.74, 6) is 0. The first-order chi connectivity index (χ1) is 5.88. The molecule has 12 heavy (non-hydrogen) atoms. The molecule has 0 fully saturated rings. The third kappa shape index (κ3) is 1.40. The van der Waals surface area contributed by atoms with Crippen LogP contribution in [0.2, 0.25) is 0 Å². The van der Waals surface area contributed by atoms with E-state index in [1.165, 1.54) is 16.5 Å². The molecule has 1 heteroatoms. The van der Waals surface area contributed by atoms with Gasteiger partial charge in [-0.05, 0) is 24.6 Å². The highest BCUT2D eigenvalue weighted by Gasteiger charge is 1.93. The fourth-order valence-electron chi connectivity index (χ4n) is 1.24.